The summed E-state index contributed by atoms with van der Waals surface area (Å²) >= 11 is 1.26. The van der Waals surface area contributed by atoms with Gasteiger partial charge in [0.05, 0.1) is 16.1 Å². The van der Waals surface area contributed by atoms with Crippen LogP contribution < -0.4 is 16.4 Å². The fraction of sp³-hybridized carbons (Fsp3) is 0.538. The van der Waals surface area contributed by atoms with Crippen molar-refractivity contribution < 1.29 is 9.59 Å². The molecule has 6 heteroatoms. The van der Waals surface area contributed by atoms with Crippen molar-refractivity contribution in [3.63, 3.8) is 0 Å². The molecule has 106 valence electrons. The number of thiophene rings is 1. The van der Waals surface area contributed by atoms with Gasteiger partial charge in [-0.15, -0.1) is 11.3 Å². The molecule has 19 heavy (non-hydrogen) atoms. The van der Waals surface area contributed by atoms with Crippen LogP contribution in [0.1, 0.15) is 53.1 Å². The first kappa shape index (κ1) is 15.5. The van der Waals surface area contributed by atoms with Gasteiger partial charge >= 0.3 is 0 Å². The first-order valence-corrected chi connectivity index (χ1v) is 7.22. The highest BCUT2D eigenvalue weighted by atomic mass is 32.1. The predicted octanol–water partition coefficient (Wildman–Crippen LogP) is 2.26. The smallest absolute Gasteiger partial charge is 0.253 e. The molecule has 0 saturated heterocycles. The molecule has 1 rings (SSSR count). The second-order valence-electron chi connectivity index (χ2n) is 4.44. The number of ketones is 1. The summed E-state index contributed by atoms with van der Waals surface area (Å²) in [5.41, 5.74) is 11.8. The Kier molecular flexibility index (Phi) is 5.35. The van der Waals surface area contributed by atoms with Gasteiger partial charge in [-0.1, -0.05) is 20.3 Å². The quantitative estimate of drug-likeness (QED) is 0.751. The van der Waals surface area contributed by atoms with E-state index in [1.165, 1.54) is 11.3 Å². The lowest BCUT2D eigenvalue weighted by atomic mass is 10.1. The molecular formula is C13H21N3O2S. The Balaban J connectivity index is 3.22. The molecule has 0 aliphatic rings. The molecule has 0 aliphatic heterocycles. The Morgan fingerprint density at radius 3 is 2.42 bits per heavy atom. The maximum absolute atomic E-state index is 11.8. The van der Waals surface area contributed by atoms with E-state index in [9.17, 15) is 9.59 Å². The zero-order valence-corrected chi connectivity index (χ0v) is 12.5. The number of nitrogen functional groups attached to an aromatic ring is 1. The lowest BCUT2D eigenvalue weighted by Gasteiger charge is -2.17. The number of carbonyl (C=O) groups is 2. The van der Waals surface area contributed by atoms with Crippen LogP contribution in [-0.4, -0.2) is 25.3 Å². The molecule has 1 aromatic heterocycles. The van der Waals surface area contributed by atoms with Crippen molar-refractivity contribution in [3.8, 4) is 0 Å². The monoisotopic (exact) mass is 283 g/mol. The zero-order valence-electron chi connectivity index (χ0n) is 11.7. The highest BCUT2D eigenvalue weighted by Gasteiger charge is 2.25. The van der Waals surface area contributed by atoms with Crippen LogP contribution in [0.3, 0.4) is 0 Å². The van der Waals surface area contributed by atoms with Crippen molar-refractivity contribution in [1.29, 1.82) is 0 Å². The summed E-state index contributed by atoms with van der Waals surface area (Å²) in [6.45, 7) is 4.67. The first-order chi connectivity index (χ1) is 8.93. The maximum atomic E-state index is 11.8. The molecule has 0 bridgehead atoms. The van der Waals surface area contributed by atoms with Gasteiger partial charge < -0.3 is 16.4 Å². The molecule has 0 unspecified atom stereocenters. The third kappa shape index (κ3) is 3.26. The van der Waals surface area contributed by atoms with Gasteiger partial charge in [0.15, 0.2) is 5.78 Å². The number of Topliss-reactive ketones (excluding diaryl/α,β-unsaturated/α-hetero) is 1. The summed E-state index contributed by atoms with van der Waals surface area (Å²) in [6.07, 6.45) is 2.42. The van der Waals surface area contributed by atoms with Gasteiger partial charge in [0.2, 0.25) is 0 Å². The molecule has 0 aromatic carbocycles. The fourth-order valence-corrected chi connectivity index (χ4v) is 3.03. The van der Waals surface area contributed by atoms with Crippen LogP contribution in [0, 0.1) is 0 Å². The van der Waals surface area contributed by atoms with Crippen LogP contribution >= 0.6 is 11.3 Å². The maximum Gasteiger partial charge on any atom is 0.253 e. The minimum Gasteiger partial charge on any atom is -0.397 e. The molecule has 0 saturated carbocycles. The van der Waals surface area contributed by atoms with E-state index in [-0.39, 0.29) is 17.0 Å². The SMILES string of the molecule is CCCCN(C)c1sc(C(=O)CC)c(N)c1C(N)=O. The Labute approximate surface area is 117 Å². The summed E-state index contributed by atoms with van der Waals surface area (Å²) in [6, 6.07) is 0. The van der Waals surface area contributed by atoms with Gasteiger partial charge in [-0.3, -0.25) is 9.59 Å². The van der Waals surface area contributed by atoms with Crippen molar-refractivity contribution in [1.82, 2.24) is 0 Å². The van der Waals surface area contributed by atoms with Crippen LogP contribution in [0.4, 0.5) is 10.7 Å². The number of unbranched alkanes of at least 4 members (excludes halogenated alkanes) is 1. The van der Waals surface area contributed by atoms with E-state index in [0.717, 1.165) is 19.4 Å². The number of hydrogen-bond acceptors (Lipinski definition) is 5. The Hall–Kier alpha value is -1.56. The molecule has 0 atom stereocenters. The van der Waals surface area contributed by atoms with E-state index in [4.69, 9.17) is 11.5 Å². The molecule has 0 spiro atoms. The highest BCUT2D eigenvalue weighted by molar-refractivity contribution is 7.19. The average molecular weight is 283 g/mol. The van der Waals surface area contributed by atoms with Gasteiger partial charge in [-0.2, -0.15) is 0 Å². The molecule has 0 radical (unpaired) electrons. The van der Waals surface area contributed by atoms with Crippen molar-refractivity contribution in [2.24, 2.45) is 5.73 Å². The second-order valence-corrected chi connectivity index (χ2v) is 5.44. The van der Waals surface area contributed by atoms with E-state index >= 15 is 0 Å². The van der Waals surface area contributed by atoms with Gasteiger partial charge in [0.25, 0.3) is 5.91 Å². The topological polar surface area (TPSA) is 89.4 Å². The molecule has 4 N–H and O–H groups in total. The van der Waals surface area contributed by atoms with E-state index in [2.05, 4.69) is 6.92 Å². The number of primary amides is 1. The van der Waals surface area contributed by atoms with E-state index in [0.29, 0.717) is 16.3 Å². The lowest BCUT2D eigenvalue weighted by Crippen LogP contribution is -2.22. The largest absolute Gasteiger partial charge is 0.397 e. The number of amides is 1. The summed E-state index contributed by atoms with van der Waals surface area (Å²) in [7, 11) is 1.88. The molecule has 0 fully saturated rings. The molecule has 1 amide bonds. The second kappa shape index (κ2) is 6.56. The summed E-state index contributed by atoms with van der Waals surface area (Å²) in [5.74, 6) is -0.637. The minimum atomic E-state index is -0.581. The van der Waals surface area contributed by atoms with Crippen LogP contribution in [0.5, 0.6) is 0 Å². The first-order valence-electron chi connectivity index (χ1n) is 6.40. The van der Waals surface area contributed by atoms with E-state index < -0.39 is 5.91 Å². The van der Waals surface area contributed by atoms with Gasteiger partial charge in [0, 0.05) is 20.0 Å². The summed E-state index contributed by atoms with van der Waals surface area (Å²) < 4.78 is 0. The van der Waals surface area contributed by atoms with Gasteiger partial charge in [-0.25, -0.2) is 0 Å². The number of rotatable bonds is 7. The predicted molar refractivity (Wildman–Crippen MR) is 80.0 cm³/mol. The summed E-state index contributed by atoms with van der Waals surface area (Å²) in [5, 5.41) is 0.690. The molecule has 1 heterocycles. The Bertz CT molecular complexity index is 482. The Morgan fingerprint density at radius 2 is 1.95 bits per heavy atom. The van der Waals surface area contributed by atoms with Gasteiger partial charge in [0.1, 0.15) is 5.00 Å². The highest BCUT2D eigenvalue weighted by Crippen LogP contribution is 2.38. The van der Waals surface area contributed by atoms with Crippen LogP contribution in [0.2, 0.25) is 0 Å². The number of carbonyl (C=O) groups excluding carboxylic acids is 2. The number of nitrogens with two attached hydrogens (primary N) is 2. The summed E-state index contributed by atoms with van der Waals surface area (Å²) in [4.78, 5) is 25.8. The van der Waals surface area contributed by atoms with Crippen molar-refractivity contribution in [2.75, 3.05) is 24.2 Å². The third-order valence-corrected chi connectivity index (χ3v) is 4.30. The number of anilines is 2. The van der Waals surface area contributed by atoms with Crippen molar-refractivity contribution >= 4 is 33.7 Å². The van der Waals surface area contributed by atoms with Crippen LogP contribution in [0.15, 0.2) is 0 Å². The molecular weight excluding hydrogens is 262 g/mol. The fourth-order valence-electron chi connectivity index (χ4n) is 1.80. The van der Waals surface area contributed by atoms with Gasteiger partial charge in [-0.05, 0) is 6.42 Å². The average Bonchev–Trinajstić information content (AvgIpc) is 2.72. The van der Waals surface area contributed by atoms with E-state index in [1.807, 2.05) is 11.9 Å². The molecule has 0 aliphatic carbocycles. The van der Waals surface area contributed by atoms with E-state index in [1.54, 1.807) is 6.92 Å². The Morgan fingerprint density at radius 1 is 1.32 bits per heavy atom. The number of hydrogen-bond donors (Lipinski definition) is 2. The third-order valence-electron chi connectivity index (χ3n) is 2.94. The van der Waals surface area contributed by atoms with Crippen molar-refractivity contribution in [3.05, 3.63) is 10.4 Å². The molecule has 1 aromatic rings. The zero-order chi connectivity index (χ0) is 14.6. The van der Waals surface area contributed by atoms with Crippen molar-refractivity contribution in [2.45, 2.75) is 33.1 Å². The number of nitrogens with zero attached hydrogens (tertiary/aromatic N) is 1. The van der Waals surface area contributed by atoms with Crippen LogP contribution in [-0.2, 0) is 0 Å². The standard InChI is InChI=1S/C13H21N3O2S/c1-4-6-7-16(3)13-9(12(15)18)10(14)11(19-13)8(17)5-2/h4-7,14H2,1-3H3,(H2,15,18). The normalized spacial score (nSPS) is 10.5. The lowest BCUT2D eigenvalue weighted by molar-refractivity contribution is 0.0991. The molecule has 5 nitrogen and oxygen atoms in total. The minimum absolute atomic E-state index is 0.0554. The van der Waals surface area contributed by atoms with Crippen LogP contribution in [0.25, 0.3) is 0 Å².